The third kappa shape index (κ3) is 8.95. The molecule has 0 saturated carbocycles. The highest BCUT2D eigenvalue weighted by atomic mass is 16.5. The Morgan fingerprint density at radius 2 is 2.00 bits per heavy atom. The highest BCUT2D eigenvalue weighted by Crippen LogP contribution is 1.88. The summed E-state index contributed by atoms with van der Waals surface area (Å²) in [6, 6.07) is 0. The summed E-state index contributed by atoms with van der Waals surface area (Å²) < 4.78 is 4.67. The molecule has 0 radical (unpaired) electrons. The van der Waals surface area contributed by atoms with Crippen molar-refractivity contribution in [1.82, 2.24) is 0 Å². The van der Waals surface area contributed by atoms with E-state index in [1.807, 2.05) is 26.0 Å². The summed E-state index contributed by atoms with van der Waals surface area (Å²) in [7, 11) is 0. The standard InChI is InChI=1S/C9H14O2/c1-8(2)6-4-5-7-11-9(3)10/h4-6H,7H2,1-3H3/b5-4+. The Bertz CT molecular complexity index is 174. The van der Waals surface area contributed by atoms with E-state index in [0.717, 1.165) is 0 Å². The second-order valence-corrected chi connectivity index (χ2v) is 2.47. The first kappa shape index (κ1) is 9.95. The van der Waals surface area contributed by atoms with Crippen LogP contribution in [-0.4, -0.2) is 12.6 Å². The van der Waals surface area contributed by atoms with Crippen molar-refractivity contribution in [2.75, 3.05) is 6.61 Å². The van der Waals surface area contributed by atoms with Crippen LogP contribution in [0.1, 0.15) is 20.8 Å². The molecule has 2 heteroatoms. The average Bonchev–Trinajstić information content (AvgIpc) is 1.85. The van der Waals surface area contributed by atoms with E-state index in [4.69, 9.17) is 0 Å². The van der Waals surface area contributed by atoms with Crippen molar-refractivity contribution >= 4 is 5.97 Å². The average molecular weight is 154 g/mol. The van der Waals surface area contributed by atoms with Crippen LogP contribution in [0, 0.1) is 0 Å². The number of hydrogen-bond acceptors (Lipinski definition) is 2. The van der Waals surface area contributed by atoms with Crippen molar-refractivity contribution in [3.05, 3.63) is 23.8 Å². The summed E-state index contributed by atoms with van der Waals surface area (Å²) in [6.45, 7) is 5.78. The van der Waals surface area contributed by atoms with E-state index in [0.29, 0.717) is 6.61 Å². The first-order chi connectivity index (χ1) is 5.13. The Labute approximate surface area is 67.6 Å². The molecule has 0 N–H and O–H groups in total. The second kappa shape index (κ2) is 5.71. The van der Waals surface area contributed by atoms with Gasteiger partial charge in [0.1, 0.15) is 6.61 Å². The van der Waals surface area contributed by atoms with Gasteiger partial charge in [0.2, 0.25) is 0 Å². The van der Waals surface area contributed by atoms with Gasteiger partial charge in [0.25, 0.3) is 0 Å². The van der Waals surface area contributed by atoms with Gasteiger partial charge in [0.05, 0.1) is 0 Å². The zero-order chi connectivity index (χ0) is 8.69. The van der Waals surface area contributed by atoms with Crippen molar-refractivity contribution in [2.24, 2.45) is 0 Å². The van der Waals surface area contributed by atoms with Crippen LogP contribution in [0.2, 0.25) is 0 Å². The van der Waals surface area contributed by atoms with Gasteiger partial charge < -0.3 is 4.74 Å². The topological polar surface area (TPSA) is 26.3 Å². The fraction of sp³-hybridized carbons (Fsp3) is 0.444. The predicted octanol–water partition coefficient (Wildman–Crippen LogP) is 2.07. The van der Waals surface area contributed by atoms with Crippen molar-refractivity contribution in [3.63, 3.8) is 0 Å². The normalized spacial score (nSPS) is 9.73. The molecule has 0 fully saturated rings. The fourth-order valence-corrected chi connectivity index (χ4v) is 0.482. The zero-order valence-corrected chi connectivity index (χ0v) is 7.26. The number of rotatable bonds is 3. The molecule has 0 aromatic rings. The lowest BCUT2D eigenvalue weighted by molar-refractivity contribution is -0.139. The van der Waals surface area contributed by atoms with Gasteiger partial charge in [-0.2, -0.15) is 0 Å². The lowest BCUT2D eigenvalue weighted by Crippen LogP contribution is -1.96. The third-order valence-electron chi connectivity index (χ3n) is 0.948. The molecular weight excluding hydrogens is 140 g/mol. The van der Waals surface area contributed by atoms with Crippen LogP contribution in [0.5, 0.6) is 0 Å². The molecule has 2 nitrogen and oxygen atoms in total. The summed E-state index contributed by atoms with van der Waals surface area (Å²) in [5.74, 6) is -0.244. The molecule has 0 aromatic carbocycles. The molecule has 0 aliphatic rings. The monoisotopic (exact) mass is 154 g/mol. The van der Waals surface area contributed by atoms with Crippen molar-refractivity contribution in [2.45, 2.75) is 20.8 Å². The summed E-state index contributed by atoms with van der Waals surface area (Å²) >= 11 is 0. The molecule has 0 bridgehead atoms. The Hall–Kier alpha value is -1.05. The summed E-state index contributed by atoms with van der Waals surface area (Å²) in [5.41, 5.74) is 1.23. The minimum atomic E-state index is -0.244. The van der Waals surface area contributed by atoms with E-state index in [9.17, 15) is 4.79 Å². The SMILES string of the molecule is CC(=O)OC/C=C/C=C(C)C. The van der Waals surface area contributed by atoms with Crippen molar-refractivity contribution in [3.8, 4) is 0 Å². The van der Waals surface area contributed by atoms with E-state index in [-0.39, 0.29) is 5.97 Å². The highest BCUT2D eigenvalue weighted by Gasteiger charge is 1.85. The van der Waals surface area contributed by atoms with Crippen LogP contribution in [0.15, 0.2) is 23.8 Å². The molecule has 0 spiro atoms. The van der Waals surface area contributed by atoms with Crippen LogP contribution in [0.25, 0.3) is 0 Å². The molecule has 0 atom stereocenters. The van der Waals surface area contributed by atoms with Crippen LogP contribution < -0.4 is 0 Å². The quantitative estimate of drug-likeness (QED) is 0.459. The van der Waals surface area contributed by atoms with Gasteiger partial charge in [-0.25, -0.2) is 0 Å². The minimum Gasteiger partial charge on any atom is -0.462 e. The number of carbonyl (C=O) groups excluding carboxylic acids is 1. The first-order valence-corrected chi connectivity index (χ1v) is 3.56. The van der Waals surface area contributed by atoms with Gasteiger partial charge in [0.15, 0.2) is 0 Å². The molecule has 0 rings (SSSR count). The molecule has 0 saturated heterocycles. The molecule has 0 amide bonds. The summed E-state index contributed by atoms with van der Waals surface area (Å²) in [4.78, 5) is 10.3. The number of hydrogen-bond donors (Lipinski definition) is 0. The maximum absolute atomic E-state index is 10.3. The third-order valence-corrected chi connectivity index (χ3v) is 0.948. The first-order valence-electron chi connectivity index (χ1n) is 3.56. The van der Waals surface area contributed by atoms with Gasteiger partial charge in [0, 0.05) is 6.92 Å². The molecule has 0 heterocycles. The van der Waals surface area contributed by atoms with Crippen molar-refractivity contribution in [1.29, 1.82) is 0 Å². The summed E-state index contributed by atoms with van der Waals surface area (Å²) in [5, 5.41) is 0. The van der Waals surface area contributed by atoms with E-state index in [1.54, 1.807) is 6.08 Å². The number of ether oxygens (including phenoxy) is 1. The Morgan fingerprint density at radius 1 is 1.36 bits per heavy atom. The number of esters is 1. The van der Waals surface area contributed by atoms with Gasteiger partial charge in [-0.1, -0.05) is 17.7 Å². The van der Waals surface area contributed by atoms with Crippen molar-refractivity contribution < 1.29 is 9.53 Å². The lowest BCUT2D eigenvalue weighted by atomic mass is 10.3. The van der Waals surface area contributed by atoms with Gasteiger partial charge in [-0.3, -0.25) is 4.79 Å². The molecule has 0 unspecified atom stereocenters. The van der Waals surface area contributed by atoms with Gasteiger partial charge in [-0.15, -0.1) is 0 Å². The van der Waals surface area contributed by atoms with Gasteiger partial charge >= 0.3 is 5.97 Å². The largest absolute Gasteiger partial charge is 0.462 e. The van der Waals surface area contributed by atoms with E-state index < -0.39 is 0 Å². The highest BCUT2D eigenvalue weighted by molar-refractivity contribution is 5.65. The zero-order valence-electron chi connectivity index (χ0n) is 7.26. The maximum atomic E-state index is 10.3. The maximum Gasteiger partial charge on any atom is 0.302 e. The molecule has 0 aliphatic heterocycles. The van der Waals surface area contributed by atoms with Crippen LogP contribution in [0.4, 0.5) is 0 Å². The van der Waals surface area contributed by atoms with Crippen LogP contribution >= 0.6 is 0 Å². The Kier molecular flexibility index (Phi) is 5.17. The smallest absolute Gasteiger partial charge is 0.302 e. The molecule has 11 heavy (non-hydrogen) atoms. The summed E-state index contributed by atoms with van der Waals surface area (Å²) in [6.07, 6.45) is 5.64. The predicted molar refractivity (Wildman–Crippen MR) is 45.2 cm³/mol. The van der Waals surface area contributed by atoms with Gasteiger partial charge in [-0.05, 0) is 19.9 Å². The molecular formula is C9H14O2. The molecule has 0 aliphatic carbocycles. The minimum absolute atomic E-state index is 0.244. The van der Waals surface area contributed by atoms with E-state index >= 15 is 0 Å². The molecule has 62 valence electrons. The fourth-order valence-electron chi connectivity index (χ4n) is 0.482. The molecule has 0 aromatic heterocycles. The second-order valence-electron chi connectivity index (χ2n) is 2.47. The Balaban J connectivity index is 3.46. The van der Waals surface area contributed by atoms with Crippen LogP contribution in [0.3, 0.4) is 0 Å². The lowest BCUT2D eigenvalue weighted by Gasteiger charge is -1.92. The van der Waals surface area contributed by atoms with E-state index in [2.05, 4.69) is 4.74 Å². The Morgan fingerprint density at radius 3 is 2.45 bits per heavy atom. The van der Waals surface area contributed by atoms with E-state index in [1.165, 1.54) is 12.5 Å². The van der Waals surface area contributed by atoms with Crippen LogP contribution in [-0.2, 0) is 9.53 Å². The number of carbonyl (C=O) groups is 1. The number of allylic oxidation sites excluding steroid dienone is 3.